The maximum atomic E-state index is 12.8. The van der Waals surface area contributed by atoms with Gasteiger partial charge in [-0.1, -0.05) is 39.0 Å². The van der Waals surface area contributed by atoms with Crippen molar-refractivity contribution in [2.45, 2.75) is 187 Å². The molecule has 0 N–H and O–H groups in total. The number of nitrogens with zero attached hydrogens (tertiary/aromatic N) is 2. The first kappa shape index (κ1) is 39.5. The van der Waals surface area contributed by atoms with E-state index in [1.165, 1.54) is 32.1 Å². The Hall–Kier alpha value is -2.70. The number of hydroxylamine groups is 4. The van der Waals surface area contributed by atoms with E-state index in [2.05, 4.69) is 69.5 Å². The summed E-state index contributed by atoms with van der Waals surface area (Å²) in [4.78, 5) is 37.5. The minimum absolute atomic E-state index is 0.167. The largest absolute Gasteiger partial charge is 0.462 e. The van der Waals surface area contributed by atoms with Gasteiger partial charge in [-0.2, -0.15) is 5.06 Å². The zero-order valence-electron chi connectivity index (χ0n) is 30.2. The van der Waals surface area contributed by atoms with Crippen LogP contribution in [0.4, 0.5) is 0 Å². The highest BCUT2D eigenvalue weighted by Crippen LogP contribution is 2.41. The third kappa shape index (κ3) is 12.8. The molecular weight excluding hydrogens is 580 g/mol. The molecule has 0 saturated carbocycles. The molecule has 0 aromatic heterocycles. The molecule has 8 heteroatoms. The fourth-order valence-corrected chi connectivity index (χ4v) is 7.33. The molecule has 0 aromatic carbocycles. The van der Waals surface area contributed by atoms with Gasteiger partial charge < -0.3 is 14.3 Å². The van der Waals surface area contributed by atoms with Crippen molar-refractivity contribution in [3.63, 3.8) is 0 Å². The summed E-state index contributed by atoms with van der Waals surface area (Å²) in [5.41, 5.74) is -1.36. The number of terminal acetylenes is 1. The molecule has 2 fully saturated rings. The zero-order valence-corrected chi connectivity index (χ0v) is 30.2. The van der Waals surface area contributed by atoms with Crippen LogP contribution in [-0.4, -0.2) is 63.0 Å². The summed E-state index contributed by atoms with van der Waals surface area (Å²) in [7, 11) is 0. The van der Waals surface area contributed by atoms with E-state index < -0.39 is 11.1 Å². The molecule has 2 rings (SSSR count). The van der Waals surface area contributed by atoms with Gasteiger partial charge in [0.25, 0.3) is 0 Å². The number of rotatable bonds is 16. The second-order valence-corrected chi connectivity index (χ2v) is 15.4. The van der Waals surface area contributed by atoms with Gasteiger partial charge in [0.05, 0.1) is 17.7 Å². The summed E-state index contributed by atoms with van der Waals surface area (Å²) in [6.45, 7) is 19.7. The zero-order chi connectivity index (χ0) is 34.4. The molecule has 2 heterocycles. The Kier molecular flexibility index (Phi) is 15.5. The SMILES string of the molecule is C#CC#CC#CON1C(C)(C)CC(OC(=O)CCCCC(=O)OC2CC(C)(C)N(OCCCCCCCC)C(C)(C)C2)CC1(C)C. The Bertz CT molecular complexity index is 1120. The van der Waals surface area contributed by atoms with Crippen LogP contribution in [0.3, 0.4) is 0 Å². The molecule has 2 saturated heterocycles. The molecule has 0 amide bonds. The minimum atomic E-state index is -0.427. The molecule has 0 bridgehead atoms. The highest BCUT2D eigenvalue weighted by atomic mass is 16.7. The number of esters is 2. The average molecular weight is 641 g/mol. The van der Waals surface area contributed by atoms with Crippen LogP contribution in [-0.2, 0) is 28.7 Å². The van der Waals surface area contributed by atoms with Crippen molar-refractivity contribution in [3.05, 3.63) is 0 Å². The van der Waals surface area contributed by atoms with Crippen molar-refractivity contribution in [1.29, 1.82) is 0 Å². The average Bonchev–Trinajstić information content (AvgIpc) is 2.91. The third-order valence-corrected chi connectivity index (χ3v) is 8.82. The number of carbonyl (C=O) groups excluding carboxylic acids is 2. The standard InChI is InChI=1S/C38H60N2O6/c1-11-13-15-17-18-22-26-44-40-37(7,8)29-32(30-38(40,9)10)46-34(42)24-20-19-23-33(41)45-31-27-35(3,4)39(36(5,6)28-31)43-25-21-16-14-12-2/h2,31-32H,11,13,15,17-20,22-24,26-30H2,1,3-10H3. The summed E-state index contributed by atoms with van der Waals surface area (Å²) < 4.78 is 11.8. The lowest BCUT2D eigenvalue weighted by Gasteiger charge is -2.53. The fraction of sp³-hybridized carbons (Fsp3) is 0.789. The van der Waals surface area contributed by atoms with Crippen LogP contribution in [0.2, 0.25) is 0 Å². The Morgan fingerprint density at radius 3 is 1.59 bits per heavy atom. The van der Waals surface area contributed by atoms with Crippen LogP contribution in [0.15, 0.2) is 0 Å². The van der Waals surface area contributed by atoms with E-state index in [-0.39, 0.29) is 48.1 Å². The van der Waals surface area contributed by atoms with Crippen molar-refractivity contribution >= 4 is 11.9 Å². The van der Waals surface area contributed by atoms with Crippen LogP contribution >= 0.6 is 0 Å². The second-order valence-electron chi connectivity index (χ2n) is 15.4. The third-order valence-electron chi connectivity index (χ3n) is 8.82. The van der Waals surface area contributed by atoms with Gasteiger partial charge in [0, 0.05) is 61.4 Å². The van der Waals surface area contributed by atoms with Crippen LogP contribution in [0, 0.1) is 36.2 Å². The first-order valence-electron chi connectivity index (χ1n) is 17.3. The van der Waals surface area contributed by atoms with Gasteiger partial charge in [0.2, 0.25) is 0 Å². The summed E-state index contributed by atoms with van der Waals surface area (Å²) >= 11 is 0. The smallest absolute Gasteiger partial charge is 0.306 e. The van der Waals surface area contributed by atoms with Gasteiger partial charge in [-0.25, -0.2) is 0 Å². The molecule has 258 valence electrons. The lowest BCUT2D eigenvalue weighted by molar-refractivity contribution is -0.293. The maximum absolute atomic E-state index is 12.8. The number of unbranched alkanes of at least 4 members (excludes halogenated alkanes) is 6. The number of ether oxygens (including phenoxy) is 2. The van der Waals surface area contributed by atoms with Gasteiger partial charge in [0.15, 0.2) is 6.11 Å². The fourth-order valence-electron chi connectivity index (χ4n) is 7.33. The second kappa shape index (κ2) is 18.0. The first-order valence-corrected chi connectivity index (χ1v) is 17.3. The Morgan fingerprint density at radius 2 is 1.11 bits per heavy atom. The van der Waals surface area contributed by atoms with Crippen LogP contribution in [0.25, 0.3) is 0 Å². The quantitative estimate of drug-likeness (QED) is 0.0976. The van der Waals surface area contributed by atoms with Gasteiger partial charge in [-0.15, -0.1) is 11.5 Å². The van der Waals surface area contributed by atoms with Crippen LogP contribution in [0.1, 0.15) is 152 Å². The first-order chi connectivity index (χ1) is 21.5. The molecule has 2 aliphatic heterocycles. The van der Waals surface area contributed by atoms with Crippen molar-refractivity contribution in [3.8, 4) is 36.2 Å². The van der Waals surface area contributed by atoms with E-state index in [0.717, 1.165) is 6.42 Å². The summed E-state index contributed by atoms with van der Waals surface area (Å²) in [6.07, 6.45) is 19.0. The minimum Gasteiger partial charge on any atom is -0.462 e. The lowest BCUT2D eigenvalue weighted by atomic mass is 9.80. The Labute approximate surface area is 279 Å². The van der Waals surface area contributed by atoms with E-state index in [9.17, 15) is 9.59 Å². The highest BCUT2D eigenvalue weighted by Gasteiger charge is 2.49. The van der Waals surface area contributed by atoms with Crippen molar-refractivity contribution in [2.75, 3.05) is 6.61 Å². The molecule has 8 nitrogen and oxygen atoms in total. The number of carbonyl (C=O) groups is 2. The Balaban J connectivity index is 1.74. The van der Waals surface area contributed by atoms with E-state index in [1.807, 2.05) is 32.8 Å². The van der Waals surface area contributed by atoms with Gasteiger partial charge >= 0.3 is 11.9 Å². The molecule has 0 spiro atoms. The maximum Gasteiger partial charge on any atom is 0.306 e. The molecule has 0 radical (unpaired) electrons. The van der Waals surface area contributed by atoms with Crippen molar-refractivity contribution in [2.24, 2.45) is 0 Å². The van der Waals surface area contributed by atoms with Crippen molar-refractivity contribution in [1.82, 2.24) is 10.1 Å². The highest BCUT2D eigenvalue weighted by molar-refractivity contribution is 5.71. The summed E-state index contributed by atoms with van der Waals surface area (Å²) in [5, 5.41) is 3.98. The lowest BCUT2D eigenvalue weighted by Crippen LogP contribution is -2.62. The van der Waals surface area contributed by atoms with Gasteiger partial charge in [0.1, 0.15) is 12.2 Å². The molecule has 0 unspecified atom stereocenters. The molecular formula is C38H60N2O6. The summed E-state index contributed by atoms with van der Waals surface area (Å²) in [6, 6.07) is 0. The molecule has 0 aliphatic carbocycles. The van der Waals surface area contributed by atoms with Crippen molar-refractivity contribution < 1.29 is 28.7 Å². The molecule has 46 heavy (non-hydrogen) atoms. The molecule has 0 aromatic rings. The van der Waals surface area contributed by atoms with Crippen LogP contribution in [0.5, 0.6) is 0 Å². The van der Waals surface area contributed by atoms with Gasteiger partial charge in [-0.3, -0.25) is 14.4 Å². The van der Waals surface area contributed by atoms with E-state index >= 15 is 0 Å². The van der Waals surface area contributed by atoms with Gasteiger partial charge in [-0.05, 0) is 86.5 Å². The summed E-state index contributed by atoms with van der Waals surface area (Å²) in [5.74, 6) is 9.31. The Morgan fingerprint density at radius 1 is 0.652 bits per heavy atom. The number of piperidine rings is 2. The normalized spacial score (nSPS) is 20.7. The number of hydrogen-bond acceptors (Lipinski definition) is 8. The van der Waals surface area contributed by atoms with E-state index in [4.69, 9.17) is 25.6 Å². The molecule has 0 atom stereocenters. The van der Waals surface area contributed by atoms with E-state index in [0.29, 0.717) is 45.1 Å². The predicted octanol–water partition coefficient (Wildman–Crippen LogP) is 7.50. The predicted molar refractivity (Wildman–Crippen MR) is 181 cm³/mol. The topological polar surface area (TPSA) is 77.5 Å². The molecule has 2 aliphatic rings. The monoisotopic (exact) mass is 640 g/mol. The number of hydrogen-bond donors (Lipinski definition) is 0. The van der Waals surface area contributed by atoms with E-state index in [1.54, 1.807) is 0 Å². The van der Waals surface area contributed by atoms with Crippen LogP contribution < -0.4 is 0 Å².